The highest BCUT2D eigenvalue weighted by molar-refractivity contribution is 5.88. The van der Waals surface area contributed by atoms with E-state index in [1.807, 2.05) is 14.0 Å². The number of nitrogens with zero attached hydrogens (tertiary/aromatic N) is 2. The summed E-state index contributed by atoms with van der Waals surface area (Å²) in [7, 11) is 1.98. The molecule has 1 aliphatic heterocycles. The van der Waals surface area contributed by atoms with Crippen LogP contribution in [0.15, 0.2) is 12.1 Å². The van der Waals surface area contributed by atoms with Crippen molar-refractivity contribution in [1.82, 2.24) is 4.98 Å². The Morgan fingerprint density at radius 3 is 2.74 bits per heavy atom. The van der Waals surface area contributed by atoms with Crippen molar-refractivity contribution in [3.8, 4) is 0 Å². The second-order valence-electron chi connectivity index (χ2n) is 4.82. The summed E-state index contributed by atoms with van der Waals surface area (Å²) in [5, 5.41) is 9.16. The summed E-state index contributed by atoms with van der Waals surface area (Å²) in [5.74, 6) is -0.164. The number of aryl methyl sites for hydroxylation is 1. The summed E-state index contributed by atoms with van der Waals surface area (Å²) in [6, 6.07) is 3.66. The number of anilines is 1. The lowest BCUT2D eigenvalue weighted by Crippen LogP contribution is -2.37. The van der Waals surface area contributed by atoms with Gasteiger partial charge in [-0.3, -0.25) is 0 Å². The van der Waals surface area contributed by atoms with E-state index in [4.69, 9.17) is 9.84 Å². The van der Waals surface area contributed by atoms with Gasteiger partial charge in [0.1, 0.15) is 5.82 Å². The molecule has 0 aliphatic carbocycles. The van der Waals surface area contributed by atoms with Gasteiger partial charge in [-0.2, -0.15) is 0 Å². The number of hydrogen-bond acceptors (Lipinski definition) is 4. The molecule has 104 valence electrons. The third-order valence-corrected chi connectivity index (χ3v) is 3.57. The monoisotopic (exact) mass is 264 g/mol. The molecule has 0 radical (unpaired) electrons. The maximum atomic E-state index is 11.2. The SMILES string of the molecule is CCc1cc(C(=O)O)cc(N(C)C2CCOCC2)n1. The van der Waals surface area contributed by atoms with Gasteiger partial charge in [0.15, 0.2) is 0 Å². The number of aromatic nitrogens is 1. The van der Waals surface area contributed by atoms with Crippen LogP contribution in [0.2, 0.25) is 0 Å². The van der Waals surface area contributed by atoms with Gasteiger partial charge in [-0.1, -0.05) is 6.92 Å². The van der Waals surface area contributed by atoms with E-state index >= 15 is 0 Å². The average Bonchev–Trinajstić information content (AvgIpc) is 2.46. The fourth-order valence-corrected chi connectivity index (χ4v) is 2.32. The Hall–Kier alpha value is -1.62. The summed E-state index contributed by atoms with van der Waals surface area (Å²) < 4.78 is 5.35. The number of ether oxygens (including phenoxy) is 1. The molecule has 1 N–H and O–H groups in total. The van der Waals surface area contributed by atoms with Gasteiger partial charge < -0.3 is 14.7 Å². The van der Waals surface area contributed by atoms with Crippen LogP contribution in [0.25, 0.3) is 0 Å². The Labute approximate surface area is 113 Å². The van der Waals surface area contributed by atoms with Crippen LogP contribution in [0.1, 0.15) is 35.8 Å². The summed E-state index contributed by atoms with van der Waals surface area (Å²) in [6.07, 6.45) is 2.64. The lowest BCUT2D eigenvalue weighted by atomic mass is 10.1. The summed E-state index contributed by atoms with van der Waals surface area (Å²) in [6.45, 7) is 3.49. The Morgan fingerprint density at radius 2 is 2.16 bits per heavy atom. The molecule has 1 aromatic heterocycles. The first kappa shape index (κ1) is 13.8. The molecule has 1 aromatic rings. The molecule has 0 bridgehead atoms. The van der Waals surface area contributed by atoms with Crippen LogP contribution in [0.4, 0.5) is 5.82 Å². The fraction of sp³-hybridized carbons (Fsp3) is 0.571. The maximum absolute atomic E-state index is 11.2. The van der Waals surface area contributed by atoms with E-state index in [1.54, 1.807) is 12.1 Å². The molecule has 0 atom stereocenters. The van der Waals surface area contributed by atoms with Gasteiger partial charge in [-0.25, -0.2) is 9.78 Å². The standard InChI is InChI=1S/C14H20N2O3/c1-3-11-8-10(14(17)18)9-13(15-11)16(2)12-4-6-19-7-5-12/h8-9,12H,3-7H2,1-2H3,(H,17,18). The predicted molar refractivity (Wildman–Crippen MR) is 72.8 cm³/mol. The quantitative estimate of drug-likeness (QED) is 0.900. The van der Waals surface area contributed by atoms with Crippen LogP contribution in [0.3, 0.4) is 0 Å². The second-order valence-corrected chi connectivity index (χ2v) is 4.82. The summed E-state index contributed by atoms with van der Waals surface area (Å²) in [4.78, 5) is 17.8. The third-order valence-electron chi connectivity index (χ3n) is 3.57. The molecule has 0 unspecified atom stereocenters. The number of rotatable bonds is 4. The molecular weight excluding hydrogens is 244 g/mol. The number of pyridine rings is 1. The first-order chi connectivity index (χ1) is 9.11. The van der Waals surface area contributed by atoms with Crippen LogP contribution in [0.5, 0.6) is 0 Å². The number of carboxylic acid groups (broad SMARTS) is 1. The average molecular weight is 264 g/mol. The molecule has 1 saturated heterocycles. The largest absolute Gasteiger partial charge is 0.478 e. The molecule has 0 spiro atoms. The first-order valence-electron chi connectivity index (χ1n) is 6.66. The van der Waals surface area contributed by atoms with Gasteiger partial charge in [-0.05, 0) is 31.4 Å². The highest BCUT2D eigenvalue weighted by atomic mass is 16.5. The van der Waals surface area contributed by atoms with Crippen molar-refractivity contribution in [2.45, 2.75) is 32.2 Å². The Balaban J connectivity index is 2.26. The number of carboxylic acids is 1. The van der Waals surface area contributed by atoms with Gasteiger partial charge in [0.25, 0.3) is 0 Å². The van der Waals surface area contributed by atoms with E-state index in [0.29, 0.717) is 11.6 Å². The van der Waals surface area contributed by atoms with E-state index in [1.165, 1.54) is 0 Å². The number of hydrogen-bond donors (Lipinski definition) is 1. The van der Waals surface area contributed by atoms with E-state index in [0.717, 1.165) is 44.0 Å². The van der Waals surface area contributed by atoms with E-state index in [-0.39, 0.29) is 0 Å². The summed E-state index contributed by atoms with van der Waals surface area (Å²) >= 11 is 0. The lowest BCUT2D eigenvalue weighted by molar-refractivity contribution is 0.0696. The van der Waals surface area contributed by atoms with Gasteiger partial charge >= 0.3 is 5.97 Å². The first-order valence-corrected chi connectivity index (χ1v) is 6.66. The molecule has 0 aromatic carbocycles. The zero-order valence-electron chi connectivity index (χ0n) is 11.4. The zero-order valence-corrected chi connectivity index (χ0v) is 11.4. The Morgan fingerprint density at radius 1 is 1.47 bits per heavy atom. The summed E-state index contributed by atoms with van der Waals surface area (Å²) in [5.41, 5.74) is 1.12. The predicted octanol–water partition coefficient (Wildman–Crippen LogP) is 1.96. The minimum absolute atomic E-state index is 0.306. The topological polar surface area (TPSA) is 62.7 Å². The van der Waals surface area contributed by atoms with Crippen molar-refractivity contribution in [2.24, 2.45) is 0 Å². The van der Waals surface area contributed by atoms with Crippen molar-refractivity contribution in [3.05, 3.63) is 23.4 Å². The second kappa shape index (κ2) is 6.02. The van der Waals surface area contributed by atoms with Crippen LogP contribution in [-0.4, -0.2) is 42.4 Å². The highest BCUT2D eigenvalue weighted by Crippen LogP contribution is 2.21. The van der Waals surface area contributed by atoms with Crippen LogP contribution < -0.4 is 4.90 Å². The number of aromatic carboxylic acids is 1. The Bertz CT molecular complexity index is 456. The third kappa shape index (κ3) is 3.23. The molecule has 19 heavy (non-hydrogen) atoms. The van der Waals surface area contributed by atoms with Crippen molar-refractivity contribution >= 4 is 11.8 Å². The molecular formula is C14H20N2O3. The van der Waals surface area contributed by atoms with E-state index in [9.17, 15) is 4.79 Å². The van der Waals surface area contributed by atoms with Crippen LogP contribution in [-0.2, 0) is 11.2 Å². The van der Waals surface area contributed by atoms with Gasteiger partial charge in [0.05, 0.1) is 5.56 Å². The van der Waals surface area contributed by atoms with E-state index in [2.05, 4.69) is 9.88 Å². The van der Waals surface area contributed by atoms with Crippen molar-refractivity contribution in [1.29, 1.82) is 0 Å². The van der Waals surface area contributed by atoms with Crippen molar-refractivity contribution in [2.75, 3.05) is 25.2 Å². The molecule has 1 aliphatic rings. The van der Waals surface area contributed by atoms with Crippen LogP contribution in [0, 0.1) is 0 Å². The fourth-order valence-electron chi connectivity index (χ4n) is 2.32. The molecule has 5 heteroatoms. The molecule has 2 heterocycles. The molecule has 2 rings (SSSR count). The van der Waals surface area contributed by atoms with Gasteiger partial charge in [0, 0.05) is 32.0 Å². The van der Waals surface area contributed by atoms with Gasteiger partial charge in [0.2, 0.25) is 0 Å². The highest BCUT2D eigenvalue weighted by Gasteiger charge is 2.20. The molecule has 0 amide bonds. The van der Waals surface area contributed by atoms with Crippen molar-refractivity contribution < 1.29 is 14.6 Å². The normalized spacial score (nSPS) is 16.3. The lowest BCUT2D eigenvalue weighted by Gasteiger charge is -2.32. The number of carbonyl (C=O) groups is 1. The minimum atomic E-state index is -0.904. The molecule has 0 saturated carbocycles. The zero-order chi connectivity index (χ0) is 13.8. The van der Waals surface area contributed by atoms with Gasteiger partial charge in [-0.15, -0.1) is 0 Å². The van der Waals surface area contributed by atoms with Crippen molar-refractivity contribution in [3.63, 3.8) is 0 Å². The molecule has 1 fully saturated rings. The minimum Gasteiger partial charge on any atom is -0.478 e. The Kier molecular flexibility index (Phi) is 4.37. The molecule has 5 nitrogen and oxygen atoms in total. The smallest absolute Gasteiger partial charge is 0.335 e. The maximum Gasteiger partial charge on any atom is 0.335 e. The van der Waals surface area contributed by atoms with E-state index < -0.39 is 5.97 Å². The van der Waals surface area contributed by atoms with Crippen LogP contribution >= 0.6 is 0 Å².